The zero-order valence-electron chi connectivity index (χ0n) is 12.3. The molecule has 4 heteroatoms. The monoisotopic (exact) mass is 309 g/mol. The zero-order valence-corrected chi connectivity index (χ0v) is 13.1. The number of hydrogen-bond donors (Lipinski definition) is 1. The van der Waals surface area contributed by atoms with Crippen LogP contribution in [0.5, 0.6) is 5.75 Å². The van der Waals surface area contributed by atoms with Gasteiger partial charge in [-0.1, -0.05) is 44.2 Å². The average Bonchev–Trinajstić information content (AvgIpc) is 2.45. The van der Waals surface area contributed by atoms with Gasteiger partial charge in [-0.25, -0.2) is 4.39 Å². The van der Waals surface area contributed by atoms with Gasteiger partial charge in [0.15, 0.2) is 0 Å². The number of ether oxygens (including phenoxy) is 1. The van der Waals surface area contributed by atoms with Crippen LogP contribution in [0.1, 0.15) is 25.0 Å². The Morgan fingerprint density at radius 2 is 1.86 bits per heavy atom. The molecule has 0 heterocycles. The maximum atomic E-state index is 13.5. The summed E-state index contributed by atoms with van der Waals surface area (Å²) in [5.41, 5.74) is 1.72. The van der Waals surface area contributed by atoms with E-state index in [1.165, 1.54) is 6.07 Å². The lowest BCUT2D eigenvalue weighted by molar-refractivity contribution is 0.299. The quantitative estimate of drug-likeness (QED) is 0.858. The summed E-state index contributed by atoms with van der Waals surface area (Å²) in [6, 6.07) is 15.0. The van der Waals surface area contributed by atoms with Crippen molar-refractivity contribution >= 4 is 12.4 Å². The van der Waals surface area contributed by atoms with Crippen LogP contribution >= 0.6 is 12.4 Å². The number of hydrogen-bond acceptors (Lipinski definition) is 2. The first-order chi connectivity index (χ1) is 9.65. The maximum Gasteiger partial charge on any atom is 0.129 e. The molecule has 0 spiro atoms. The third-order valence-electron chi connectivity index (χ3n) is 2.97. The summed E-state index contributed by atoms with van der Waals surface area (Å²) in [6.07, 6.45) is 0. The van der Waals surface area contributed by atoms with Crippen molar-refractivity contribution in [1.82, 2.24) is 5.32 Å². The number of rotatable bonds is 6. The number of nitrogens with one attached hydrogen (secondary N) is 1. The largest absolute Gasteiger partial charge is 0.489 e. The standard InChI is InChI=1S/C17H20FNO.ClH/c1-13(2)19-11-14-6-5-8-16(10-14)20-12-15-7-3-4-9-17(15)18;/h3-10,13,19H,11-12H2,1-2H3;1H. The number of benzene rings is 2. The highest BCUT2D eigenvalue weighted by Gasteiger charge is 2.03. The minimum atomic E-state index is -0.231. The van der Waals surface area contributed by atoms with Gasteiger partial charge in [-0.05, 0) is 23.8 Å². The first-order valence-electron chi connectivity index (χ1n) is 6.83. The van der Waals surface area contributed by atoms with Crippen LogP contribution in [0.4, 0.5) is 4.39 Å². The molecule has 0 bridgehead atoms. The fourth-order valence-corrected chi connectivity index (χ4v) is 1.84. The van der Waals surface area contributed by atoms with Crippen LogP contribution in [0.25, 0.3) is 0 Å². The van der Waals surface area contributed by atoms with E-state index < -0.39 is 0 Å². The molecule has 0 radical (unpaired) electrons. The molecular formula is C17H21ClFNO. The Labute approximate surface area is 131 Å². The molecule has 0 aromatic heterocycles. The predicted octanol–water partition coefficient (Wildman–Crippen LogP) is 4.32. The summed E-state index contributed by atoms with van der Waals surface area (Å²) in [5.74, 6) is 0.529. The molecule has 0 unspecified atom stereocenters. The van der Waals surface area contributed by atoms with E-state index in [0.29, 0.717) is 11.6 Å². The lowest BCUT2D eigenvalue weighted by Crippen LogP contribution is -2.21. The molecule has 0 fully saturated rings. The Morgan fingerprint density at radius 1 is 1.10 bits per heavy atom. The van der Waals surface area contributed by atoms with E-state index in [4.69, 9.17) is 4.74 Å². The van der Waals surface area contributed by atoms with Gasteiger partial charge < -0.3 is 10.1 Å². The molecule has 0 saturated heterocycles. The Balaban J connectivity index is 0.00000220. The highest BCUT2D eigenvalue weighted by atomic mass is 35.5. The van der Waals surface area contributed by atoms with Crippen molar-refractivity contribution in [1.29, 1.82) is 0 Å². The third-order valence-corrected chi connectivity index (χ3v) is 2.97. The summed E-state index contributed by atoms with van der Waals surface area (Å²) in [7, 11) is 0. The second-order valence-corrected chi connectivity index (χ2v) is 5.06. The van der Waals surface area contributed by atoms with Crippen LogP contribution in [0.2, 0.25) is 0 Å². The second kappa shape index (κ2) is 8.65. The highest BCUT2D eigenvalue weighted by molar-refractivity contribution is 5.85. The van der Waals surface area contributed by atoms with Gasteiger partial charge in [-0.3, -0.25) is 0 Å². The molecule has 0 atom stereocenters. The summed E-state index contributed by atoms with van der Waals surface area (Å²) in [4.78, 5) is 0. The normalized spacial score (nSPS) is 10.3. The van der Waals surface area contributed by atoms with Crippen molar-refractivity contribution in [2.45, 2.75) is 33.0 Å². The van der Waals surface area contributed by atoms with E-state index in [0.717, 1.165) is 17.9 Å². The van der Waals surface area contributed by atoms with Crippen LogP contribution in [-0.4, -0.2) is 6.04 Å². The molecule has 0 aliphatic carbocycles. The summed E-state index contributed by atoms with van der Waals surface area (Å²) in [5, 5.41) is 3.36. The van der Waals surface area contributed by atoms with Gasteiger partial charge in [0.1, 0.15) is 18.2 Å². The SMILES string of the molecule is CC(C)NCc1cccc(OCc2ccccc2F)c1.Cl. The lowest BCUT2D eigenvalue weighted by atomic mass is 10.2. The number of halogens is 2. The van der Waals surface area contributed by atoms with Crippen molar-refractivity contribution in [2.24, 2.45) is 0 Å². The summed E-state index contributed by atoms with van der Waals surface area (Å²) in [6.45, 7) is 5.26. The van der Waals surface area contributed by atoms with Gasteiger partial charge in [0, 0.05) is 18.2 Å². The molecule has 114 valence electrons. The van der Waals surface area contributed by atoms with Gasteiger partial charge in [-0.15, -0.1) is 12.4 Å². The second-order valence-electron chi connectivity index (χ2n) is 5.06. The average molecular weight is 310 g/mol. The molecule has 2 rings (SSSR count). The predicted molar refractivity (Wildman–Crippen MR) is 86.4 cm³/mol. The van der Waals surface area contributed by atoms with Gasteiger partial charge in [0.05, 0.1) is 0 Å². The Kier molecular flexibility index (Phi) is 7.20. The van der Waals surface area contributed by atoms with Crippen molar-refractivity contribution in [3.05, 3.63) is 65.5 Å². The zero-order chi connectivity index (χ0) is 14.4. The van der Waals surface area contributed by atoms with Crippen molar-refractivity contribution < 1.29 is 9.13 Å². The van der Waals surface area contributed by atoms with Crippen LogP contribution < -0.4 is 10.1 Å². The van der Waals surface area contributed by atoms with Gasteiger partial charge >= 0.3 is 0 Å². The molecule has 0 aliphatic rings. The van der Waals surface area contributed by atoms with E-state index in [9.17, 15) is 4.39 Å². The highest BCUT2D eigenvalue weighted by Crippen LogP contribution is 2.16. The minimum absolute atomic E-state index is 0. The van der Waals surface area contributed by atoms with E-state index in [2.05, 4.69) is 19.2 Å². The van der Waals surface area contributed by atoms with E-state index in [-0.39, 0.29) is 24.8 Å². The third kappa shape index (κ3) is 5.74. The Morgan fingerprint density at radius 3 is 2.57 bits per heavy atom. The molecular weight excluding hydrogens is 289 g/mol. The van der Waals surface area contributed by atoms with E-state index >= 15 is 0 Å². The van der Waals surface area contributed by atoms with Crippen molar-refractivity contribution in [3.63, 3.8) is 0 Å². The van der Waals surface area contributed by atoms with Crippen molar-refractivity contribution in [2.75, 3.05) is 0 Å². The van der Waals surface area contributed by atoms with Gasteiger partial charge in [0.2, 0.25) is 0 Å². The van der Waals surface area contributed by atoms with Crippen LogP contribution in [0, 0.1) is 5.82 Å². The topological polar surface area (TPSA) is 21.3 Å². The van der Waals surface area contributed by atoms with Crippen molar-refractivity contribution in [3.8, 4) is 5.75 Å². The first-order valence-corrected chi connectivity index (χ1v) is 6.83. The molecule has 1 N–H and O–H groups in total. The molecule has 0 aliphatic heterocycles. The van der Waals surface area contributed by atoms with Gasteiger partial charge in [0.25, 0.3) is 0 Å². The van der Waals surface area contributed by atoms with Crippen LogP contribution in [-0.2, 0) is 13.2 Å². The minimum Gasteiger partial charge on any atom is -0.489 e. The molecule has 2 aromatic carbocycles. The van der Waals surface area contributed by atoms with Crippen LogP contribution in [0.3, 0.4) is 0 Å². The first kappa shape index (κ1) is 17.5. The molecule has 0 amide bonds. The fourth-order valence-electron chi connectivity index (χ4n) is 1.84. The fraction of sp³-hybridized carbons (Fsp3) is 0.294. The summed E-state index contributed by atoms with van der Waals surface area (Å²) >= 11 is 0. The Hall–Kier alpha value is -1.58. The molecule has 2 nitrogen and oxygen atoms in total. The van der Waals surface area contributed by atoms with Gasteiger partial charge in [-0.2, -0.15) is 0 Å². The maximum absolute atomic E-state index is 13.5. The van der Waals surface area contributed by atoms with E-state index in [1.807, 2.05) is 30.3 Å². The summed E-state index contributed by atoms with van der Waals surface area (Å²) < 4.78 is 19.1. The molecule has 21 heavy (non-hydrogen) atoms. The lowest BCUT2D eigenvalue weighted by Gasteiger charge is -2.11. The van der Waals surface area contributed by atoms with Crippen LogP contribution in [0.15, 0.2) is 48.5 Å². The smallest absolute Gasteiger partial charge is 0.129 e. The molecule has 2 aromatic rings. The molecule has 0 saturated carbocycles. The Bertz CT molecular complexity index is 560. The van der Waals surface area contributed by atoms with E-state index in [1.54, 1.807) is 12.1 Å².